The van der Waals surface area contributed by atoms with Crippen molar-refractivity contribution < 1.29 is 4.79 Å². The summed E-state index contributed by atoms with van der Waals surface area (Å²) in [5.74, 6) is 0.813. The average molecular weight is 269 g/mol. The monoisotopic (exact) mass is 269 g/mol. The molecule has 0 radical (unpaired) electrons. The summed E-state index contributed by atoms with van der Waals surface area (Å²) < 4.78 is 1.01. The lowest BCUT2D eigenvalue weighted by atomic mass is 10.1. The summed E-state index contributed by atoms with van der Waals surface area (Å²) in [7, 11) is 0. The van der Waals surface area contributed by atoms with E-state index in [0.717, 1.165) is 21.7 Å². The molecular weight excluding hydrogens is 258 g/mol. The smallest absolute Gasteiger partial charge is 0.159 e. The summed E-state index contributed by atoms with van der Waals surface area (Å²) in [6, 6.07) is 9.34. The van der Waals surface area contributed by atoms with E-state index in [0.29, 0.717) is 5.56 Å². The van der Waals surface area contributed by atoms with Gasteiger partial charge in [0, 0.05) is 11.3 Å². The number of hydrogen-bond acceptors (Lipinski definition) is 5. The second-order valence-corrected chi connectivity index (χ2v) is 5.04. The number of fused-ring (bicyclic) bond motifs is 1. The van der Waals surface area contributed by atoms with Gasteiger partial charge in [0.2, 0.25) is 0 Å². The van der Waals surface area contributed by atoms with Crippen molar-refractivity contribution >= 4 is 38.8 Å². The van der Waals surface area contributed by atoms with Crippen LogP contribution in [0, 0.1) is 0 Å². The van der Waals surface area contributed by atoms with Gasteiger partial charge in [-0.1, -0.05) is 12.1 Å². The van der Waals surface area contributed by atoms with Gasteiger partial charge in [-0.25, -0.2) is 9.97 Å². The molecule has 0 aliphatic carbocycles. The minimum absolute atomic E-state index is 0.0487. The fourth-order valence-corrected chi connectivity index (χ4v) is 2.62. The van der Waals surface area contributed by atoms with Gasteiger partial charge in [-0.3, -0.25) is 4.79 Å². The summed E-state index contributed by atoms with van der Waals surface area (Å²) in [4.78, 5) is 19.8. The van der Waals surface area contributed by atoms with Gasteiger partial charge in [0.1, 0.15) is 6.33 Å². The van der Waals surface area contributed by atoms with Crippen LogP contribution < -0.4 is 5.32 Å². The molecule has 2 aromatic heterocycles. The third kappa shape index (κ3) is 2.32. The molecule has 0 unspecified atom stereocenters. The van der Waals surface area contributed by atoms with Gasteiger partial charge in [-0.15, -0.1) is 11.3 Å². The van der Waals surface area contributed by atoms with Crippen LogP contribution in [0.5, 0.6) is 0 Å². The fraction of sp³-hybridized carbons (Fsp3) is 0.0714. The molecule has 0 saturated heterocycles. The number of Topliss-reactive ketones (excluding diaryl/α,β-unsaturated/α-hetero) is 1. The number of aromatic nitrogens is 2. The van der Waals surface area contributed by atoms with Crippen LogP contribution >= 0.6 is 11.3 Å². The Kier molecular flexibility index (Phi) is 2.97. The van der Waals surface area contributed by atoms with Crippen LogP contribution in [0.25, 0.3) is 10.2 Å². The minimum Gasteiger partial charge on any atom is -0.339 e. The summed E-state index contributed by atoms with van der Waals surface area (Å²) in [6.07, 6.45) is 1.53. The third-order valence-electron chi connectivity index (χ3n) is 2.78. The largest absolute Gasteiger partial charge is 0.339 e. The molecule has 1 aromatic carbocycles. The van der Waals surface area contributed by atoms with Crippen molar-refractivity contribution in [3.05, 3.63) is 47.6 Å². The number of rotatable bonds is 3. The second kappa shape index (κ2) is 4.78. The molecule has 3 rings (SSSR count). The Morgan fingerprint density at radius 1 is 1.26 bits per heavy atom. The number of nitrogens with one attached hydrogen (secondary N) is 1. The molecule has 0 amide bonds. The number of nitrogens with zero attached hydrogens (tertiary/aromatic N) is 2. The Bertz CT molecular complexity index is 751. The highest BCUT2D eigenvalue weighted by molar-refractivity contribution is 7.17. The van der Waals surface area contributed by atoms with Gasteiger partial charge in [0.25, 0.3) is 0 Å². The van der Waals surface area contributed by atoms with E-state index in [1.165, 1.54) is 6.33 Å². The Hall–Kier alpha value is -2.27. The lowest BCUT2D eigenvalue weighted by Crippen LogP contribution is -1.97. The molecule has 0 bridgehead atoms. The summed E-state index contributed by atoms with van der Waals surface area (Å²) in [5, 5.41) is 5.22. The Balaban J connectivity index is 1.99. The predicted octanol–water partition coefficient (Wildman–Crippen LogP) is 3.64. The third-order valence-corrected chi connectivity index (χ3v) is 3.69. The molecule has 2 heterocycles. The molecule has 3 aromatic rings. The van der Waals surface area contributed by atoms with Crippen LogP contribution in [0.2, 0.25) is 0 Å². The highest BCUT2D eigenvalue weighted by Gasteiger charge is 2.06. The van der Waals surface area contributed by atoms with Crippen molar-refractivity contribution in [2.45, 2.75) is 6.92 Å². The van der Waals surface area contributed by atoms with Gasteiger partial charge in [0.05, 0.1) is 10.2 Å². The number of anilines is 2. The summed E-state index contributed by atoms with van der Waals surface area (Å²) in [5.41, 5.74) is 2.45. The Morgan fingerprint density at radius 2 is 2.16 bits per heavy atom. The Labute approximate surface area is 114 Å². The van der Waals surface area contributed by atoms with Gasteiger partial charge >= 0.3 is 0 Å². The molecule has 0 atom stereocenters. The first-order valence-corrected chi connectivity index (χ1v) is 6.68. The maximum Gasteiger partial charge on any atom is 0.159 e. The Morgan fingerprint density at radius 3 is 3.00 bits per heavy atom. The van der Waals surface area contributed by atoms with Crippen LogP contribution in [-0.2, 0) is 0 Å². The maximum absolute atomic E-state index is 11.4. The van der Waals surface area contributed by atoms with Crippen molar-refractivity contribution in [2.75, 3.05) is 5.32 Å². The number of carbonyl (C=O) groups excluding carboxylic acids is 1. The van der Waals surface area contributed by atoms with Crippen molar-refractivity contribution in [3.63, 3.8) is 0 Å². The average Bonchev–Trinajstić information content (AvgIpc) is 2.88. The number of benzene rings is 1. The predicted molar refractivity (Wildman–Crippen MR) is 77.1 cm³/mol. The fourth-order valence-electron chi connectivity index (χ4n) is 1.83. The first-order chi connectivity index (χ1) is 9.24. The van der Waals surface area contributed by atoms with E-state index in [4.69, 9.17) is 0 Å². The molecule has 94 valence electrons. The standard InChI is InChI=1S/C14H11N3OS/c1-9(18)10-3-2-4-11(7-10)17-14-13-12(5-6-19-13)15-8-16-14/h2-8H,1H3,(H,15,16,17). The number of hydrogen-bond donors (Lipinski definition) is 1. The number of thiophene rings is 1. The van der Waals surface area contributed by atoms with E-state index in [-0.39, 0.29) is 5.78 Å². The zero-order valence-corrected chi connectivity index (χ0v) is 11.1. The first-order valence-electron chi connectivity index (χ1n) is 5.80. The topological polar surface area (TPSA) is 54.9 Å². The van der Waals surface area contributed by atoms with E-state index >= 15 is 0 Å². The van der Waals surface area contributed by atoms with Gasteiger partial charge in [0.15, 0.2) is 11.6 Å². The zero-order chi connectivity index (χ0) is 13.2. The quantitative estimate of drug-likeness (QED) is 0.737. The summed E-state index contributed by atoms with van der Waals surface area (Å²) >= 11 is 1.59. The van der Waals surface area contributed by atoms with Crippen molar-refractivity contribution in [3.8, 4) is 0 Å². The van der Waals surface area contributed by atoms with E-state index in [9.17, 15) is 4.79 Å². The molecule has 19 heavy (non-hydrogen) atoms. The van der Waals surface area contributed by atoms with E-state index < -0.39 is 0 Å². The molecule has 0 saturated carbocycles. The lowest BCUT2D eigenvalue weighted by molar-refractivity contribution is 0.101. The van der Waals surface area contributed by atoms with E-state index in [2.05, 4.69) is 15.3 Å². The van der Waals surface area contributed by atoms with Crippen LogP contribution in [0.1, 0.15) is 17.3 Å². The van der Waals surface area contributed by atoms with Crippen LogP contribution in [0.4, 0.5) is 11.5 Å². The van der Waals surface area contributed by atoms with E-state index in [1.807, 2.05) is 29.6 Å². The zero-order valence-electron chi connectivity index (χ0n) is 10.3. The van der Waals surface area contributed by atoms with Gasteiger partial charge in [-0.05, 0) is 30.5 Å². The first kappa shape index (κ1) is 11.8. The van der Waals surface area contributed by atoms with E-state index in [1.54, 1.807) is 24.3 Å². The van der Waals surface area contributed by atoms with Crippen molar-refractivity contribution in [1.29, 1.82) is 0 Å². The number of carbonyl (C=O) groups is 1. The normalized spacial score (nSPS) is 10.6. The maximum atomic E-state index is 11.4. The van der Waals surface area contributed by atoms with Crippen LogP contribution in [0.15, 0.2) is 42.0 Å². The lowest BCUT2D eigenvalue weighted by Gasteiger charge is -2.07. The molecule has 1 N–H and O–H groups in total. The van der Waals surface area contributed by atoms with Gasteiger partial charge < -0.3 is 5.32 Å². The highest BCUT2D eigenvalue weighted by atomic mass is 32.1. The second-order valence-electron chi connectivity index (χ2n) is 4.12. The van der Waals surface area contributed by atoms with Crippen molar-refractivity contribution in [2.24, 2.45) is 0 Å². The number of ketones is 1. The molecule has 0 spiro atoms. The molecule has 5 heteroatoms. The summed E-state index contributed by atoms with van der Waals surface area (Å²) in [6.45, 7) is 1.56. The molecule has 0 aliphatic heterocycles. The van der Waals surface area contributed by atoms with Crippen LogP contribution in [-0.4, -0.2) is 15.8 Å². The molecule has 4 nitrogen and oxygen atoms in total. The van der Waals surface area contributed by atoms with Crippen molar-refractivity contribution in [1.82, 2.24) is 9.97 Å². The van der Waals surface area contributed by atoms with Gasteiger partial charge in [-0.2, -0.15) is 0 Å². The van der Waals surface area contributed by atoms with Crippen LogP contribution in [0.3, 0.4) is 0 Å². The minimum atomic E-state index is 0.0487. The SMILES string of the molecule is CC(=O)c1cccc(Nc2ncnc3ccsc23)c1. The highest BCUT2D eigenvalue weighted by Crippen LogP contribution is 2.27. The molecule has 0 aliphatic rings. The molecule has 0 fully saturated rings. The molecular formula is C14H11N3OS.